The van der Waals surface area contributed by atoms with E-state index in [0.717, 1.165) is 22.8 Å². The van der Waals surface area contributed by atoms with Crippen molar-refractivity contribution in [2.24, 2.45) is 0 Å². The minimum Gasteiger partial charge on any atom is -0.497 e. The van der Waals surface area contributed by atoms with Crippen molar-refractivity contribution in [1.29, 1.82) is 5.41 Å². The Labute approximate surface area is 160 Å². The standard InChI is InChI=1S/C19H18N6OS/c1-12-16-17(20)25(14-6-8-15(26-2)9-7-14)19(22-18(16)24-23-12)27-11-13-5-3-4-10-21-13/h3-10,20H,11H2,1-2H3,(H,23,24). The average Bonchev–Trinajstić information content (AvgIpc) is 3.08. The summed E-state index contributed by atoms with van der Waals surface area (Å²) in [6.07, 6.45) is 1.77. The fourth-order valence-electron chi connectivity index (χ4n) is 2.82. The highest BCUT2D eigenvalue weighted by Gasteiger charge is 2.15. The quantitative estimate of drug-likeness (QED) is 0.411. The van der Waals surface area contributed by atoms with E-state index in [1.54, 1.807) is 13.3 Å². The number of aryl methyl sites for hydroxylation is 1. The first-order valence-corrected chi connectivity index (χ1v) is 9.35. The van der Waals surface area contributed by atoms with Crippen molar-refractivity contribution in [3.63, 3.8) is 0 Å². The molecule has 0 spiro atoms. The SMILES string of the molecule is COc1ccc(-n2c(SCc3ccccn3)nc3n[nH]c(C)c3c2=N)cc1. The summed E-state index contributed by atoms with van der Waals surface area (Å²) in [5, 5.41) is 17.3. The molecule has 136 valence electrons. The minimum absolute atomic E-state index is 0.347. The Morgan fingerprint density at radius 1 is 1.19 bits per heavy atom. The van der Waals surface area contributed by atoms with Gasteiger partial charge in [-0.1, -0.05) is 17.8 Å². The maximum absolute atomic E-state index is 8.76. The number of ether oxygens (including phenoxy) is 1. The summed E-state index contributed by atoms with van der Waals surface area (Å²) in [7, 11) is 1.63. The maximum atomic E-state index is 8.76. The number of H-pyrrole nitrogens is 1. The highest BCUT2D eigenvalue weighted by Crippen LogP contribution is 2.25. The molecule has 8 heteroatoms. The van der Waals surface area contributed by atoms with Crippen molar-refractivity contribution in [1.82, 2.24) is 24.7 Å². The number of pyridine rings is 1. The highest BCUT2D eigenvalue weighted by atomic mass is 32.2. The number of methoxy groups -OCH3 is 1. The molecule has 0 aliphatic heterocycles. The van der Waals surface area contributed by atoms with Crippen LogP contribution in [-0.4, -0.2) is 31.8 Å². The van der Waals surface area contributed by atoms with E-state index in [0.29, 0.717) is 27.4 Å². The average molecular weight is 378 g/mol. The molecule has 0 saturated heterocycles. The van der Waals surface area contributed by atoms with Crippen molar-refractivity contribution in [2.45, 2.75) is 17.8 Å². The van der Waals surface area contributed by atoms with Gasteiger partial charge in [-0.2, -0.15) is 5.10 Å². The largest absolute Gasteiger partial charge is 0.497 e. The van der Waals surface area contributed by atoms with E-state index >= 15 is 0 Å². The topological polar surface area (TPSA) is 92.5 Å². The zero-order chi connectivity index (χ0) is 18.8. The van der Waals surface area contributed by atoms with E-state index in [9.17, 15) is 0 Å². The molecular weight excluding hydrogens is 360 g/mol. The Bertz CT molecular complexity index is 1130. The van der Waals surface area contributed by atoms with Crippen LogP contribution < -0.4 is 10.2 Å². The molecule has 3 aromatic heterocycles. The molecule has 0 aliphatic carbocycles. The Balaban J connectivity index is 1.83. The molecule has 0 radical (unpaired) electrons. The van der Waals surface area contributed by atoms with Crippen molar-refractivity contribution in [2.75, 3.05) is 7.11 Å². The molecule has 7 nitrogen and oxygen atoms in total. The molecule has 0 atom stereocenters. The molecule has 27 heavy (non-hydrogen) atoms. The predicted molar refractivity (Wildman–Crippen MR) is 104 cm³/mol. The van der Waals surface area contributed by atoms with Gasteiger partial charge in [0.05, 0.1) is 18.2 Å². The minimum atomic E-state index is 0.347. The lowest BCUT2D eigenvalue weighted by atomic mass is 10.2. The third-order valence-electron chi connectivity index (χ3n) is 4.19. The van der Waals surface area contributed by atoms with Crippen LogP contribution in [0.25, 0.3) is 16.7 Å². The van der Waals surface area contributed by atoms with Crippen LogP contribution >= 0.6 is 11.8 Å². The first-order chi connectivity index (χ1) is 13.2. The van der Waals surface area contributed by atoms with E-state index in [-0.39, 0.29) is 0 Å². The maximum Gasteiger partial charge on any atom is 0.187 e. The number of aromatic nitrogens is 5. The van der Waals surface area contributed by atoms with Gasteiger partial charge in [0.2, 0.25) is 0 Å². The van der Waals surface area contributed by atoms with Gasteiger partial charge in [0, 0.05) is 23.3 Å². The van der Waals surface area contributed by atoms with Crippen molar-refractivity contribution in [3.8, 4) is 11.4 Å². The van der Waals surface area contributed by atoms with Gasteiger partial charge in [0.25, 0.3) is 0 Å². The number of fused-ring (bicyclic) bond motifs is 1. The van der Waals surface area contributed by atoms with Crippen LogP contribution in [0.3, 0.4) is 0 Å². The molecule has 4 rings (SSSR count). The van der Waals surface area contributed by atoms with Crippen LogP contribution in [0.5, 0.6) is 5.75 Å². The number of nitrogens with one attached hydrogen (secondary N) is 2. The van der Waals surface area contributed by atoms with Crippen LogP contribution in [0.15, 0.2) is 53.8 Å². The highest BCUT2D eigenvalue weighted by molar-refractivity contribution is 7.98. The molecule has 0 fully saturated rings. The van der Waals surface area contributed by atoms with Crippen molar-refractivity contribution >= 4 is 22.8 Å². The van der Waals surface area contributed by atoms with E-state index in [4.69, 9.17) is 15.1 Å². The number of hydrogen-bond acceptors (Lipinski definition) is 6. The van der Waals surface area contributed by atoms with Crippen molar-refractivity contribution in [3.05, 3.63) is 65.5 Å². The van der Waals surface area contributed by atoms with Gasteiger partial charge in [0.15, 0.2) is 10.8 Å². The number of benzene rings is 1. The Morgan fingerprint density at radius 3 is 2.70 bits per heavy atom. The van der Waals surface area contributed by atoms with Gasteiger partial charge in [0.1, 0.15) is 11.2 Å². The van der Waals surface area contributed by atoms with Crippen LogP contribution in [0.4, 0.5) is 0 Å². The second-order valence-electron chi connectivity index (χ2n) is 5.93. The number of thioether (sulfide) groups is 1. The number of rotatable bonds is 5. The fourth-order valence-corrected chi connectivity index (χ4v) is 3.74. The summed E-state index contributed by atoms with van der Waals surface area (Å²) in [5.74, 6) is 1.42. The van der Waals surface area contributed by atoms with Gasteiger partial charge in [-0.3, -0.25) is 20.1 Å². The Kier molecular flexibility index (Phi) is 4.64. The summed E-state index contributed by atoms with van der Waals surface area (Å²) in [4.78, 5) is 9.06. The molecule has 4 aromatic rings. The van der Waals surface area contributed by atoms with Crippen LogP contribution in [0.2, 0.25) is 0 Å². The molecule has 0 saturated carbocycles. The second-order valence-corrected chi connectivity index (χ2v) is 6.88. The first kappa shape index (κ1) is 17.3. The normalized spacial score (nSPS) is 11.0. The summed E-state index contributed by atoms with van der Waals surface area (Å²) < 4.78 is 7.08. The van der Waals surface area contributed by atoms with Gasteiger partial charge in [-0.15, -0.1) is 0 Å². The molecule has 0 bridgehead atoms. The smallest absolute Gasteiger partial charge is 0.187 e. The molecular formula is C19H18N6OS. The van der Waals surface area contributed by atoms with Crippen LogP contribution in [0.1, 0.15) is 11.4 Å². The summed E-state index contributed by atoms with van der Waals surface area (Å²) in [6.45, 7) is 1.90. The van der Waals surface area contributed by atoms with Gasteiger partial charge in [-0.25, -0.2) is 4.98 Å². The van der Waals surface area contributed by atoms with Gasteiger partial charge >= 0.3 is 0 Å². The zero-order valence-corrected chi connectivity index (χ0v) is 15.7. The molecule has 3 heterocycles. The summed E-state index contributed by atoms with van der Waals surface area (Å²) in [6, 6.07) is 13.4. The van der Waals surface area contributed by atoms with E-state index in [1.807, 2.05) is 54.0 Å². The third kappa shape index (κ3) is 3.31. The molecule has 1 aromatic carbocycles. The lowest BCUT2D eigenvalue weighted by molar-refractivity contribution is 0.414. The first-order valence-electron chi connectivity index (χ1n) is 8.37. The lowest BCUT2D eigenvalue weighted by Gasteiger charge is -2.13. The van der Waals surface area contributed by atoms with Crippen LogP contribution in [0, 0.1) is 12.3 Å². The molecule has 0 amide bonds. The van der Waals surface area contributed by atoms with Gasteiger partial charge < -0.3 is 4.74 Å². The summed E-state index contributed by atoms with van der Waals surface area (Å²) >= 11 is 1.53. The van der Waals surface area contributed by atoms with E-state index < -0.39 is 0 Å². The number of nitrogens with zero attached hydrogens (tertiary/aromatic N) is 4. The molecule has 2 N–H and O–H groups in total. The van der Waals surface area contributed by atoms with E-state index in [2.05, 4.69) is 15.2 Å². The predicted octanol–water partition coefficient (Wildman–Crippen LogP) is 3.23. The summed E-state index contributed by atoms with van der Waals surface area (Å²) in [5.41, 5.74) is 3.52. The number of aromatic amines is 1. The van der Waals surface area contributed by atoms with Gasteiger partial charge in [-0.05, 0) is 43.3 Å². The molecule has 0 aliphatic rings. The lowest BCUT2D eigenvalue weighted by Crippen LogP contribution is -2.22. The monoisotopic (exact) mass is 378 g/mol. The zero-order valence-electron chi connectivity index (χ0n) is 14.9. The molecule has 0 unspecified atom stereocenters. The second kappa shape index (κ2) is 7.24. The Morgan fingerprint density at radius 2 is 2.00 bits per heavy atom. The van der Waals surface area contributed by atoms with Crippen molar-refractivity contribution < 1.29 is 4.74 Å². The number of hydrogen-bond donors (Lipinski definition) is 2. The fraction of sp³-hybridized carbons (Fsp3) is 0.158. The van der Waals surface area contributed by atoms with E-state index in [1.165, 1.54) is 11.8 Å². The Hall–Kier alpha value is -3.13. The van der Waals surface area contributed by atoms with Crippen LogP contribution in [-0.2, 0) is 5.75 Å². The third-order valence-corrected chi connectivity index (χ3v) is 5.16.